The van der Waals surface area contributed by atoms with Gasteiger partial charge in [-0.15, -0.1) is 0 Å². The Bertz CT molecular complexity index is 201. The van der Waals surface area contributed by atoms with E-state index in [1.54, 1.807) is 0 Å². The molecule has 9 heteroatoms. The summed E-state index contributed by atoms with van der Waals surface area (Å²) in [6.45, 7) is -1.40. The van der Waals surface area contributed by atoms with E-state index in [1.165, 1.54) is 0 Å². The number of alkyl halides is 7. The van der Waals surface area contributed by atoms with Gasteiger partial charge in [0.15, 0.2) is 0 Å². The number of hydrogen-bond acceptors (Lipinski definition) is 2. The summed E-state index contributed by atoms with van der Waals surface area (Å²) in [6, 6.07) is 0. The highest BCUT2D eigenvalue weighted by molar-refractivity contribution is 4.96. The molecule has 0 heterocycles. The Balaban J connectivity index is 5.07. The fourth-order valence-electron chi connectivity index (χ4n) is 0.546. The van der Waals surface area contributed by atoms with Crippen LogP contribution in [0.15, 0.2) is 0 Å². The Labute approximate surface area is 73.5 Å². The van der Waals surface area contributed by atoms with Crippen molar-refractivity contribution in [3.05, 3.63) is 0 Å². The molecule has 0 amide bonds. The Morgan fingerprint density at radius 3 is 1.57 bits per heavy atom. The first kappa shape index (κ1) is 13.4. The SMILES string of the molecule is NCC(O)C(F)(F)C(F)(F)C(F)(F)F. The van der Waals surface area contributed by atoms with Crippen LogP contribution < -0.4 is 5.73 Å². The topological polar surface area (TPSA) is 46.2 Å². The molecule has 0 aromatic rings. The first-order chi connectivity index (χ1) is 5.98. The van der Waals surface area contributed by atoms with E-state index in [2.05, 4.69) is 5.73 Å². The Hall–Kier alpha value is -0.570. The van der Waals surface area contributed by atoms with Crippen LogP contribution in [0.1, 0.15) is 0 Å². The summed E-state index contributed by atoms with van der Waals surface area (Å²) in [4.78, 5) is 0. The van der Waals surface area contributed by atoms with Crippen LogP contribution in [-0.4, -0.2) is 35.8 Å². The Morgan fingerprint density at radius 2 is 1.36 bits per heavy atom. The molecule has 0 aliphatic heterocycles. The summed E-state index contributed by atoms with van der Waals surface area (Å²) in [7, 11) is 0. The number of nitrogens with two attached hydrogens (primary N) is 1. The van der Waals surface area contributed by atoms with Crippen LogP contribution in [0, 0.1) is 0 Å². The second kappa shape index (κ2) is 3.54. The predicted octanol–water partition coefficient (Wildman–Crippen LogP) is 1.14. The van der Waals surface area contributed by atoms with E-state index in [9.17, 15) is 30.7 Å². The maximum absolute atomic E-state index is 12.3. The van der Waals surface area contributed by atoms with Crippen LogP contribution >= 0.6 is 0 Å². The molecule has 0 saturated carbocycles. The van der Waals surface area contributed by atoms with Crippen LogP contribution in [0.5, 0.6) is 0 Å². The van der Waals surface area contributed by atoms with Gasteiger partial charge in [0.25, 0.3) is 0 Å². The maximum atomic E-state index is 12.3. The molecule has 0 fully saturated rings. The van der Waals surface area contributed by atoms with Crippen LogP contribution in [0.3, 0.4) is 0 Å². The Morgan fingerprint density at radius 1 is 1.00 bits per heavy atom. The number of rotatable bonds is 3. The highest BCUT2D eigenvalue weighted by atomic mass is 19.4. The molecule has 0 aromatic carbocycles. The number of aliphatic hydroxyl groups excluding tert-OH is 1. The van der Waals surface area contributed by atoms with Gasteiger partial charge in [0.1, 0.15) is 6.10 Å². The van der Waals surface area contributed by atoms with E-state index in [0.29, 0.717) is 0 Å². The van der Waals surface area contributed by atoms with Crippen molar-refractivity contribution in [3.8, 4) is 0 Å². The molecule has 0 rings (SSSR count). The van der Waals surface area contributed by atoms with E-state index >= 15 is 0 Å². The minimum absolute atomic E-state index is 1.40. The smallest absolute Gasteiger partial charge is 0.385 e. The first-order valence-corrected chi connectivity index (χ1v) is 3.19. The summed E-state index contributed by atoms with van der Waals surface area (Å²) in [5, 5.41) is 8.23. The van der Waals surface area contributed by atoms with Gasteiger partial charge in [-0.1, -0.05) is 0 Å². The minimum Gasteiger partial charge on any atom is -0.385 e. The zero-order chi connectivity index (χ0) is 11.8. The quantitative estimate of drug-likeness (QED) is 0.713. The van der Waals surface area contributed by atoms with E-state index in [0.717, 1.165) is 0 Å². The predicted molar refractivity (Wildman–Crippen MR) is 31.0 cm³/mol. The van der Waals surface area contributed by atoms with Crippen LogP contribution in [-0.2, 0) is 0 Å². The third-order valence-corrected chi connectivity index (χ3v) is 1.42. The molecule has 0 saturated heterocycles. The van der Waals surface area contributed by atoms with Crippen molar-refractivity contribution in [1.29, 1.82) is 0 Å². The van der Waals surface area contributed by atoms with Crippen molar-refractivity contribution in [2.75, 3.05) is 6.54 Å². The van der Waals surface area contributed by atoms with Gasteiger partial charge < -0.3 is 10.8 Å². The minimum atomic E-state index is -6.44. The van der Waals surface area contributed by atoms with Crippen LogP contribution in [0.4, 0.5) is 30.7 Å². The molecule has 0 aliphatic carbocycles. The summed E-state index contributed by atoms with van der Waals surface area (Å²) in [5.41, 5.74) is 4.37. The monoisotopic (exact) mass is 229 g/mol. The number of halogens is 7. The number of aliphatic hydroxyl groups is 1. The maximum Gasteiger partial charge on any atom is 0.459 e. The molecule has 0 radical (unpaired) electrons. The zero-order valence-electron chi connectivity index (χ0n) is 6.45. The Kier molecular flexibility index (Phi) is 3.39. The second-order valence-corrected chi connectivity index (χ2v) is 2.45. The zero-order valence-corrected chi connectivity index (χ0v) is 6.45. The molecule has 0 aromatic heterocycles. The lowest BCUT2D eigenvalue weighted by Gasteiger charge is -2.30. The fourth-order valence-corrected chi connectivity index (χ4v) is 0.546. The lowest BCUT2D eigenvalue weighted by molar-refractivity contribution is -0.369. The lowest BCUT2D eigenvalue weighted by atomic mass is 10.1. The fraction of sp³-hybridized carbons (Fsp3) is 1.00. The van der Waals surface area contributed by atoms with Crippen molar-refractivity contribution in [1.82, 2.24) is 0 Å². The lowest BCUT2D eigenvalue weighted by Crippen LogP contribution is -2.59. The molecule has 0 bridgehead atoms. The van der Waals surface area contributed by atoms with Crippen molar-refractivity contribution >= 4 is 0 Å². The average Bonchev–Trinajstić information content (AvgIpc) is 2.00. The molecule has 1 atom stereocenters. The van der Waals surface area contributed by atoms with Crippen LogP contribution in [0.2, 0.25) is 0 Å². The standard InChI is InChI=1S/C5H6F7NO/c6-3(7,2(14)1-13)4(8,9)5(10,11)12/h2,14H,1,13H2. The van der Waals surface area contributed by atoms with Gasteiger partial charge in [0, 0.05) is 6.54 Å². The largest absolute Gasteiger partial charge is 0.459 e. The summed E-state index contributed by atoms with van der Waals surface area (Å²) in [6.07, 6.45) is -9.69. The van der Waals surface area contributed by atoms with Gasteiger partial charge >= 0.3 is 18.0 Å². The van der Waals surface area contributed by atoms with E-state index < -0.39 is 30.7 Å². The van der Waals surface area contributed by atoms with E-state index in [1.807, 2.05) is 0 Å². The van der Waals surface area contributed by atoms with Crippen LogP contribution in [0.25, 0.3) is 0 Å². The second-order valence-electron chi connectivity index (χ2n) is 2.45. The molecule has 0 aliphatic rings. The van der Waals surface area contributed by atoms with Gasteiger partial charge in [-0.2, -0.15) is 30.7 Å². The molecule has 1 unspecified atom stereocenters. The molecule has 86 valence electrons. The highest BCUT2D eigenvalue weighted by Crippen LogP contribution is 2.47. The van der Waals surface area contributed by atoms with Crippen molar-refractivity contribution in [2.24, 2.45) is 5.73 Å². The van der Waals surface area contributed by atoms with Crippen molar-refractivity contribution in [3.63, 3.8) is 0 Å². The molecule has 3 N–H and O–H groups in total. The van der Waals surface area contributed by atoms with Gasteiger partial charge in [0.2, 0.25) is 0 Å². The summed E-state index contributed by atoms with van der Waals surface area (Å²) in [5.74, 6) is -11.9. The third kappa shape index (κ3) is 1.92. The van der Waals surface area contributed by atoms with Gasteiger partial charge in [-0.25, -0.2) is 0 Å². The summed E-state index contributed by atoms with van der Waals surface area (Å²) < 4.78 is 83.0. The number of hydrogen-bond donors (Lipinski definition) is 2. The van der Waals surface area contributed by atoms with E-state index in [4.69, 9.17) is 5.11 Å². The van der Waals surface area contributed by atoms with Gasteiger partial charge in [-0.05, 0) is 0 Å². The summed E-state index contributed by atoms with van der Waals surface area (Å²) >= 11 is 0. The molecule has 0 spiro atoms. The molecule has 2 nitrogen and oxygen atoms in total. The molecular formula is C5H6F7NO. The first-order valence-electron chi connectivity index (χ1n) is 3.19. The van der Waals surface area contributed by atoms with Crippen molar-refractivity contribution < 1.29 is 35.8 Å². The molecular weight excluding hydrogens is 223 g/mol. The van der Waals surface area contributed by atoms with Gasteiger partial charge in [-0.3, -0.25) is 0 Å². The molecule has 14 heavy (non-hydrogen) atoms. The average molecular weight is 229 g/mol. The normalized spacial score (nSPS) is 16.9. The van der Waals surface area contributed by atoms with Crippen molar-refractivity contribution in [2.45, 2.75) is 24.1 Å². The van der Waals surface area contributed by atoms with E-state index in [-0.39, 0.29) is 0 Å². The van der Waals surface area contributed by atoms with Gasteiger partial charge in [0.05, 0.1) is 0 Å². The highest BCUT2D eigenvalue weighted by Gasteiger charge is 2.75. The third-order valence-electron chi connectivity index (χ3n) is 1.42.